The summed E-state index contributed by atoms with van der Waals surface area (Å²) in [6, 6.07) is 40.6. The van der Waals surface area contributed by atoms with Gasteiger partial charge in [-0.2, -0.15) is 0 Å². The van der Waals surface area contributed by atoms with Gasteiger partial charge in [0.25, 0.3) is 0 Å². The Bertz CT molecular complexity index is 2260. The molecule has 0 atom stereocenters. The third-order valence-corrected chi connectivity index (χ3v) is 8.47. The highest BCUT2D eigenvalue weighted by Crippen LogP contribution is 2.36. The van der Waals surface area contributed by atoms with E-state index in [-0.39, 0.29) is 0 Å². The van der Waals surface area contributed by atoms with Gasteiger partial charge in [0.05, 0.1) is 11.2 Å². The van der Waals surface area contributed by atoms with Crippen LogP contribution in [0.3, 0.4) is 0 Å². The summed E-state index contributed by atoms with van der Waals surface area (Å²) in [6.07, 6.45) is 12.1. The average molecular weight is 580 g/mol. The predicted octanol–water partition coefficient (Wildman–Crippen LogP) is 11.2. The van der Waals surface area contributed by atoms with Crippen LogP contribution in [0, 0.1) is 6.92 Å². The highest BCUT2D eigenvalue weighted by atomic mass is 15.1. The number of fused-ring (bicyclic) bond motifs is 3. The number of pyridine rings is 2. The second kappa shape index (κ2) is 12.1. The maximum Gasteiger partial charge on any atom is 0.0751 e. The van der Waals surface area contributed by atoms with E-state index >= 15 is 0 Å². The number of anilines is 2. The normalized spacial score (nSPS) is 11.9. The lowest BCUT2D eigenvalue weighted by atomic mass is 9.95. The molecule has 0 aliphatic heterocycles. The molecular weight excluding hydrogens is 546 g/mol. The largest absolute Gasteiger partial charge is 0.311 e. The zero-order valence-corrected chi connectivity index (χ0v) is 25.5. The summed E-state index contributed by atoms with van der Waals surface area (Å²) in [6.45, 7) is 8.74. The van der Waals surface area contributed by atoms with Crippen molar-refractivity contribution in [1.29, 1.82) is 0 Å². The number of aryl methyl sites for hydroxylation is 1. The van der Waals surface area contributed by atoms with Crippen molar-refractivity contribution in [2.24, 2.45) is 0 Å². The molecule has 0 spiro atoms. The molecule has 0 amide bonds. The molecule has 0 saturated heterocycles. The van der Waals surface area contributed by atoms with Crippen molar-refractivity contribution in [2.45, 2.75) is 13.8 Å². The molecule has 0 fully saturated rings. The maximum absolute atomic E-state index is 4.68. The molecule has 0 aliphatic rings. The third-order valence-electron chi connectivity index (χ3n) is 8.47. The topological polar surface area (TPSA) is 29.0 Å². The summed E-state index contributed by atoms with van der Waals surface area (Å²) in [5.41, 5.74) is 9.82. The van der Waals surface area contributed by atoms with Crippen LogP contribution in [0.4, 0.5) is 11.4 Å². The zero-order chi connectivity index (χ0) is 30.8. The minimum atomic E-state index is 0.870. The van der Waals surface area contributed by atoms with Gasteiger partial charge in [0.1, 0.15) is 0 Å². The van der Waals surface area contributed by atoms with E-state index in [2.05, 4.69) is 157 Å². The van der Waals surface area contributed by atoms with Gasteiger partial charge < -0.3 is 4.90 Å². The predicted molar refractivity (Wildman–Crippen MR) is 192 cm³/mol. The number of aromatic nitrogens is 2. The summed E-state index contributed by atoms with van der Waals surface area (Å²) >= 11 is 0. The van der Waals surface area contributed by atoms with E-state index in [0.717, 1.165) is 50.1 Å². The molecule has 7 rings (SSSR count). The Hall–Kier alpha value is -5.80. The van der Waals surface area contributed by atoms with Crippen molar-refractivity contribution in [3.8, 4) is 11.1 Å². The molecule has 216 valence electrons. The van der Waals surface area contributed by atoms with E-state index < -0.39 is 0 Å². The van der Waals surface area contributed by atoms with Gasteiger partial charge in [0.2, 0.25) is 0 Å². The van der Waals surface area contributed by atoms with Crippen molar-refractivity contribution in [3.05, 3.63) is 175 Å². The fourth-order valence-corrected chi connectivity index (χ4v) is 6.15. The highest BCUT2D eigenvalue weighted by molar-refractivity contribution is 5.99. The van der Waals surface area contributed by atoms with Crippen LogP contribution < -0.4 is 4.90 Å². The molecule has 3 heteroatoms. The van der Waals surface area contributed by atoms with Gasteiger partial charge in [-0.15, -0.1) is 0 Å². The number of para-hydroxylation sites is 1. The van der Waals surface area contributed by atoms with E-state index in [1.165, 1.54) is 27.3 Å². The van der Waals surface area contributed by atoms with Gasteiger partial charge in [-0.25, -0.2) is 0 Å². The molecule has 0 unspecified atom stereocenters. The Labute approximate surface area is 264 Å². The summed E-state index contributed by atoms with van der Waals surface area (Å²) < 4.78 is 0. The quantitative estimate of drug-likeness (QED) is 0.176. The highest BCUT2D eigenvalue weighted by Gasteiger charge is 2.16. The molecule has 0 bridgehead atoms. The van der Waals surface area contributed by atoms with Gasteiger partial charge >= 0.3 is 0 Å². The number of benzene rings is 5. The number of allylic oxidation sites excluding steroid dienone is 4. The van der Waals surface area contributed by atoms with Crippen molar-refractivity contribution in [3.63, 3.8) is 0 Å². The van der Waals surface area contributed by atoms with Crippen LogP contribution in [0.5, 0.6) is 0 Å². The van der Waals surface area contributed by atoms with Gasteiger partial charge in [-0.3, -0.25) is 9.97 Å². The van der Waals surface area contributed by atoms with Gasteiger partial charge in [0.15, 0.2) is 0 Å². The van der Waals surface area contributed by atoms with Crippen LogP contribution in [0.15, 0.2) is 164 Å². The van der Waals surface area contributed by atoms with Crippen molar-refractivity contribution in [2.75, 3.05) is 4.90 Å². The lowest BCUT2D eigenvalue weighted by Crippen LogP contribution is -2.15. The van der Waals surface area contributed by atoms with Crippen LogP contribution in [-0.2, 0) is 0 Å². The first kappa shape index (κ1) is 28.0. The zero-order valence-electron chi connectivity index (χ0n) is 25.5. The Kier molecular flexibility index (Phi) is 7.51. The van der Waals surface area contributed by atoms with E-state index in [1.54, 1.807) is 0 Å². The second-order valence-electron chi connectivity index (χ2n) is 11.2. The number of hydrogen-bond donors (Lipinski definition) is 0. The standard InChI is InChI=1S/C42H33N3/c1-4-31(33-17-18-35-27-36(20-19-34(35)26-33)39-14-8-10-37-28-43-25-23-40(37)39)16-15-29(2)45(38-12-6-5-7-13-38)41-22-21-32-11-9-24-44-42(32)30(41)3/h4-28H,2H2,1,3H3/b16-15-,31-4+. The van der Waals surface area contributed by atoms with Gasteiger partial charge in [-0.05, 0) is 106 Å². The van der Waals surface area contributed by atoms with Crippen molar-refractivity contribution >= 4 is 49.4 Å². The molecule has 2 aromatic heterocycles. The van der Waals surface area contributed by atoms with E-state index in [1.807, 2.05) is 30.7 Å². The second-order valence-corrected chi connectivity index (χ2v) is 11.2. The molecule has 7 aromatic rings. The molecular formula is C42H33N3. The molecule has 0 aliphatic carbocycles. The van der Waals surface area contributed by atoms with Crippen molar-refractivity contribution in [1.82, 2.24) is 9.97 Å². The van der Waals surface area contributed by atoms with Crippen LogP contribution in [0.1, 0.15) is 18.1 Å². The van der Waals surface area contributed by atoms with Crippen molar-refractivity contribution < 1.29 is 0 Å². The van der Waals surface area contributed by atoms with Crippen LogP contribution in [0.2, 0.25) is 0 Å². The van der Waals surface area contributed by atoms with Crippen LogP contribution in [0.25, 0.3) is 49.1 Å². The van der Waals surface area contributed by atoms with E-state index in [4.69, 9.17) is 0 Å². The smallest absolute Gasteiger partial charge is 0.0751 e. The van der Waals surface area contributed by atoms with Gasteiger partial charge in [-0.1, -0.05) is 91.5 Å². The molecule has 45 heavy (non-hydrogen) atoms. The Morgan fingerprint density at radius 1 is 0.711 bits per heavy atom. The molecule has 2 heterocycles. The Morgan fingerprint density at radius 3 is 2.38 bits per heavy atom. The lowest BCUT2D eigenvalue weighted by molar-refractivity contribution is 1.20. The Morgan fingerprint density at radius 2 is 1.51 bits per heavy atom. The fourth-order valence-electron chi connectivity index (χ4n) is 6.15. The summed E-state index contributed by atoms with van der Waals surface area (Å²) in [4.78, 5) is 11.2. The molecule has 0 N–H and O–H groups in total. The monoisotopic (exact) mass is 579 g/mol. The number of rotatable bonds is 7. The van der Waals surface area contributed by atoms with E-state index in [9.17, 15) is 0 Å². The first-order valence-corrected chi connectivity index (χ1v) is 15.2. The SMILES string of the molecule is C=C(/C=C\C(=C/C)c1ccc2cc(-c3cccc4cnccc34)ccc2c1)N(c1ccccc1)c1ccc2cccnc2c1C. The maximum atomic E-state index is 4.68. The fraction of sp³-hybridized carbons (Fsp3) is 0.0476. The first-order chi connectivity index (χ1) is 22.1. The number of nitrogens with zero attached hydrogens (tertiary/aromatic N) is 3. The van der Waals surface area contributed by atoms with E-state index in [0.29, 0.717) is 0 Å². The summed E-state index contributed by atoms with van der Waals surface area (Å²) in [5, 5.41) is 5.90. The molecule has 5 aromatic carbocycles. The van der Waals surface area contributed by atoms with Crippen LogP contribution >= 0.6 is 0 Å². The molecule has 3 nitrogen and oxygen atoms in total. The third kappa shape index (κ3) is 5.41. The number of hydrogen-bond acceptors (Lipinski definition) is 3. The summed E-state index contributed by atoms with van der Waals surface area (Å²) in [5.74, 6) is 0. The minimum Gasteiger partial charge on any atom is -0.311 e. The lowest BCUT2D eigenvalue weighted by Gasteiger charge is -2.27. The average Bonchev–Trinajstić information content (AvgIpc) is 3.09. The summed E-state index contributed by atoms with van der Waals surface area (Å²) in [7, 11) is 0. The molecule has 0 radical (unpaired) electrons. The van der Waals surface area contributed by atoms with Crippen LogP contribution in [-0.4, -0.2) is 9.97 Å². The Balaban J connectivity index is 1.20. The van der Waals surface area contributed by atoms with Gasteiger partial charge in [0, 0.05) is 40.7 Å². The first-order valence-electron chi connectivity index (χ1n) is 15.2. The minimum absolute atomic E-state index is 0.870. The molecule has 0 saturated carbocycles.